The normalized spacial score (nSPS) is 11.2. The van der Waals surface area contributed by atoms with E-state index in [1.807, 2.05) is 13.0 Å². The highest BCUT2D eigenvalue weighted by atomic mass is 16.6. The van der Waals surface area contributed by atoms with Crippen LogP contribution < -0.4 is 10.6 Å². The Morgan fingerprint density at radius 3 is 1.63 bits per heavy atom. The number of anilines is 2. The van der Waals surface area contributed by atoms with Crippen LogP contribution in [0.1, 0.15) is 12.5 Å². The second-order valence-electron chi connectivity index (χ2n) is 6.68. The number of nitrogens with two attached hydrogens (primary N) is 1. The van der Waals surface area contributed by atoms with Gasteiger partial charge in [-0.2, -0.15) is 0 Å². The summed E-state index contributed by atoms with van der Waals surface area (Å²) in [5.74, 6) is 0. The molecule has 0 saturated heterocycles. The van der Waals surface area contributed by atoms with Crippen molar-refractivity contribution < 1.29 is 28.4 Å². The molecule has 30 heavy (non-hydrogen) atoms. The molecule has 0 spiro atoms. The number of hydrogen-bond donors (Lipinski definition) is 1. The molecule has 0 amide bonds. The van der Waals surface area contributed by atoms with Gasteiger partial charge in [-0.25, -0.2) is 0 Å². The SMILES string of the molecule is CCN(CCOCCOCCOCCOCCOCCOC)c1ccc(N)c(C)c1. The molecule has 1 aromatic carbocycles. The van der Waals surface area contributed by atoms with Crippen molar-refractivity contribution in [2.45, 2.75) is 13.8 Å². The lowest BCUT2D eigenvalue weighted by Gasteiger charge is -2.23. The van der Waals surface area contributed by atoms with E-state index in [-0.39, 0.29) is 0 Å². The lowest BCUT2D eigenvalue weighted by molar-refractivity contribution is -0.0143. The number of nitrogens with zero attached hydrogens (tertiary/aromatic N) is 1. The zero-order valence-electron chi connectivity index (χ0n) is 18.9. The molecular formula is C22H40N2O6. The van der Waals surface area contributed by atoms with Gasteiger partial charge in [-0.3, -0.25) is 0 Å². The number of hydrogen-bond acceptors (Lipinski definition) is 8. The van der Waals surface area contributed by atoms with Crippen LogP contribution in [0, 0.1) is 6.92 Å². The Bertz CT molecular complexity index is 532. The second kappa shape index (κ2) is 18.4. The van der Waals surface area contributed by atoms with Gasteiger partial charge in [0.25, 0.3) is 0 Å². The van der Waals surface area contributed by atoms with Gasteiger partial charge in [0.1, 0.15) is 0 Å². The topological polar surface area (TPSA) is 84.6 Å². The van der Waals surface area contributed by atoms with Gasteiger partial charge in [0, 0.05) is 31.6 Å². The van der Waals surface area contributed by atoms with E-state index in [4.69, 9.17) is 34.2 Å². The van der Waals surface area contributed by atoms with Gasteiger partial charge in [-0.05, 0) is 37.6 Å². The fourth-order valence-electron chi connectivity index (χ4n) is 2.63. The fourth-order valence-corrected chi connectivity index (χ4v) is 2.63. The highest BCUT2D eigenvalue weighted by Crippen LogP contribution is 2.20. The maximum atomic E-state index is 5.89. The molecule has 0 unspecified atom stereocenters. The summed E-state index contributed by atoms with van der Waals surface area (Å²) in [6, 6.07) is 6.12. The van der Waals surface area contributed by atoms with Crippen LogP contribution in [0.4, 0.5) is 11.4 Å². The summed E-state index contributed by atoms with van der Waals surface area (Å²) < 4.78 is 32.2. The molecule has 0 atom stereocenters. The quantitative estimate of drug-likeness (QED) is 0.250. The Balaban J connectivity index is 1.88. The first-order valence-electron chi connectivity index (χ1n) is 10.7. The van der Waals surface area contributed by atoms with Crippen LogP contribution in [0.3, 0.4) is 0 Å². The first kappa shape index (κ1) is 26.6. The Kier molecular flexibility index (Phi) is 16.3. The predicted octanol–water partition coefficient (Wildman–Crippen LogP) is 2.13. The summed E-state index contributed by atoms with van der Waals surface area (Å²) in [6.07, 6.45) is 0. The molecule has 0 saturated carbocycles. The Morgan fingerprint density at radius 2 is 1.20 bits per heavy atom. The van der Waals surface area contributed by atoms with Crippen LogP contribution in [0.5, 0.6) is 0 Å². The molecular weight excluding hydrogens is 388 g/mol. The van der Waals surface area contributed by atoms with Gasteiger partial charge in [-0.15, -0.1) is 0 Å². The minimum Gasteiger partial charge on any atom is -0.399 e. The average molecular weight is 429 g/mol. The monoisotopic (exact) mass is 428 g/mol. The number of nitrogen functional groups attached to an aromatic ring is 1. The van der Waals surface area contributed by atoms with Crippen LogP contribution in [0.2, 0.25) is 0 Å². The fraction of sp³-hybridized carbons (Fsp3) is 0.727. The number of ether oxygens (including phenoxy) is 6. The first-order valence-corrected chi connectivity index (χ1v) is 10.7. The largest absolute Gasteiger partial charge is 0.399 e. The van der Waals surface area contributed by atoms with Crippen LogP contribution in [-0.4, -0.2) is 92.9 Å². The van der Waals surface area contributed by atoms with E-state index < -0.39 is 0 Å². The molecule has 174 valence electrons. The molecule has 0 aliphatic heterocycles. The lowest BCUT2D eigenvalue weighted by Crippen LogP contribution is -2.27. The van der Waals surface area contributed by atoms with Gasteiger partial charge in [-0.1, -0.05) is 0 Å². The van der Waals surface area contributed by atoms with Crippen molar-refractivity contribution in [3.63, 3.8) is 0 Å². The molecule has 0 fully saturated rings. The van der Waals surface area contributed by atoms with E-state index in [0.29, 0.717) is 72.7 Å². The van der Waals surface area contributed by atoms with Crippen molar-refractivity contribution >= 4 is 11.4 Å². The number of methoxy groups -OCH3 is 1. The third-order valence-electron chi connectivity index (χ3n) is 4.43. The van der Waals surface area contributed by atoms with Crippen molar-refractivity contribution in [2.24, 2.45) is 0 Å². The van der Waals surface area contributed by atoms with Crippen molar-refractivity contribution in [1.82, 2.24) is 0 Å². The maximum Gasteiger partial charge on any atom is 0.0701 e. The van der Waals surface area contributed by atoms with Gasteiger partial charge in [0.05, 0.1) is 72.7 Å². The molecule has 0 bridgehead atoms. The maximum absolute atomic E-state index is 5.89. The van der Waals surface area contributed by atoms with E-state index >= 15 is 0 Å². The zero-order valence-corrected chi connectivity index (χ0v) is 18.9. The summed E-state index contributed by atoms with van der Waals surface area (Å²) >= 11 is 0. The highest BCUT2D eigenvalue weighted by molar-refractivity contribution is 5.57. The van der Waals surface area contributed by atoms with Crippen molar-refractivity contribution in [1.29, 1.82) is 0 Å². The standard InChI is InChI=1S/C22H40N2O6/c1-4-24(21-5-6-22(23)20(2)19-21)7-8-26-11-12-28-15-16-30-18-17-29-14-13-27-10-9-25-3/h5-6,19H,4,7-18,23H2,1-3H3. The third kappa shape index (κ3) is 13.0. The number of benzene rings is 1. The van der Waals surface area contributed by atoms with Gasteiger partial charge >= 0.3 is 0 Å². The van der Waals surface area contributed by atoms with E-state index in [9.17, 15) is 0 Å². The molecule has 8 nitrogen and oxygen atoms in total. The van der Waals surface area contributed by atoms with Crippen LogP contribution in [0.15, 0.2) is 18.2 Å². The minimum absolute atomic E-state index is 0.549. The Labute approximate surface area is 181 Å². The molecule has 0 aliphatic carbocycles. The van der Waals surface area contributed by atoms with E-state index in [0.717, 1.165) is 24.3 Å². The second-order valence-corrected chi connectivity index (χ2v) is 6.68. The Hall–Kier alpha value is -1.42. The van der Waals surface area contributed by atoms with E-state index in [2.05, 4.69) is 24.0 Å². The zero-order chi connectivity index (χ0) is 21.9. The first-order chi connectivity index (χ1) is 14.7. The highest BCUT2D eigenvalue weighted by Gasteiger charge is 2.05. The number of aryl methyl sites for hydroxylation is 1. The van der Waals surface area contributed by atoms with Crippen molar-refractivity contribution in [2.75, 3.05) is 104 Å². The summed E-state index contributed by atoms with van der Waals surface area (Å²) in [7, 11) is 1.65. The van der Waals surface area contributed by atoms with Gasteiger partial charge < -0.3 is 39.1 Å². The summed E-state index contributed by atoms with van der Waals surface area (Å²) in [5, 5.41) is 0. The number of likely N-dealkylation sites (N-methyl/N-ethyl adjacent to an activating group) is 1. The van der Waals surface area contributed by atoms with Crippen LogP contribution in [0.25, 0.3) is 0 Å². The minimum atomic E-state index is 0.549. The third-order valence-corrected chi connectivity index (χ3v) is 4.43. The van der Waals surface area contributed by atoms with E-state index in [1.54, 1.807) is 7.11 Å². The molecule has 2 N–H and O–H groups in total. The molecule has 0 heterocycles. The predicted molar refractivity (Wildman–Crippen MR) is 119 cm³/mol. The van der Waals surface area contributed by atoms with Crippen LogP contribution >= 0.6 is 0 Å². The van der Waals surface area contributed by atoms with Gasteiger partial charge in [0.2, 0.25) is 0 Å². The summed E-state index contributed by atoms with van der Waals surface area (Å²) in [4.78, 5) is 2.27. The molecule has 0 aliphatic rings. The molecule has 8 heteroatoms. The summed E-state index contributed by atoms with van der Waals surface area (Å²) in [5.41, 5.74) is 8.98. The molecule has 1 rings (SSSR count). The van der Waals surface area contributed by atoms with Crippen molar-refractivity contribution in [3.05, 3.63) is 23.8 Å². The van der Waals surface area contributed by atoms with Crippen molar-refractivity contribution in [3.8, 4) is 0 Å². The Morgan fingerprint density at radius 1 is 0.733 bits per heavy atom. The average Bonchev–Trinajstić information content (AvgIpc) is 2.75. The molecule has 0 radical (unpaired) electrons. The lowest BCUT2D eigenvalue weighted by atomic mass is 10.1. The van der Waals surface area contributed by atoms with Crippen LogP contribution in [-0.2, 0) is 28.4 Å². The smallest absolute Gasteiger partial charge is 0.0701 e. The summed E-state index contributed by atoms with van der Waals surface area (Å²) in [6.45, 7) is 12.2. The number of rotatable bonds is 20. The molecule has 0 aromatic heterocycles. The van der Waals surface area contributed by atoms with E-state index in [1.165, 1.54) is 5.69 Å². The molecule has 1 aromatic rings. The van der Waals surface area contributed by atoms with Gasteiger partial charge in [0.15, 0.2) is 0 Å².